The van der Waals surface area contributed by atoms with Gasteiger partial charge in [-0.25, -0.2) is 4.79 Å². The van der Waals surface area contributed by atoms with Crippen molar-refractivity contribution in [2.24, 2.45) is 0 Å². The van der Waals surface area contributed by atoms with Gasteiger partial charge in [-0.3, -0.25) is 0 Å². The zero-order valence-corrected chi connectivity index (χ0v) is 10.5. The van der Waals surface area contributed by atoms with Crippen molar-refractivity contribution < 1.29 is 19.4 Å². The summed E-state index contributed by atoms with van der Waals surface area (Å²) >= 11 is 0. The number of aliphatic hydroxyl groups excluding tert-OH is 1. The molecule has 4 nitrogen and oxygen atoms in total. The van der Waals surface area contributed by atoms with Gasteiger partial charge in [0, 0.05) is 6.08 Å². The Morgan fingerprint density at radius 3 is 2.94 bits per heavy atom. The first-order valence-corrected chi connectivity index (χ1v) is 5.85. The van der Waals surface area contributed by atoms with Gasteiger partial charge in [0.05, 0.1) is 6.61 Å². The van der Waals surface area contributed by atoms with Crippen LogP contribution in [0.15, 0.2) is 36.9 Å². The number of ether oxygens (including phenoxy) is 2. The number of rotatable bonds is 7. The Kier molecular flexibility index (Phi) is 5.94. The van der Waals surface area contributed by atoms with E-state index in [0.717, 1.165) is 18.1 Å². The maximum atomic E-state index is 11.0. The molecule has 1 rings (SSSR count). The summed E-state index contributed by atoms with van der Waals surface area (Å²) in [6.45, 7) is 5.18. The molecule has 1 atom stereocenters. The molecule has 4 heteroatoms. The lowest BCUT2D eigenvalue weighted by molar-refractivity contribution is -0.146. The summed E-state index contributed by atoms with van der Waals surface area (Å²) in [5.41, 5.74) is 1.16. The Bertz CT molecular complexity index is 401. The molecule has 0 spiro atoms. The smallest absolute Gasteiger partial charge is 0.330 e. The van der Waals surface area contributed by atoms with Crippen molar-refractivity contribution in [3.63, 3.8) is 0 Å². The van der Waals surface area contributed by atoms with E-state index in [1.165, 1.54) is 0 Å². The van der Waals surface area contributed by atoms with Crippen LogP contribution in [0.3, 0.4) is 0 Å². The topological polar surface area (TPSA) is 55.8 Å². The molecule has 18 heavy (non-hydrogen) atoms. The highest BCUT2D eigenvalue weighted by Gasteiger charge is 2.12. The van der Waals surface area contributed by atoms with E-state index in [9.17, 15) is 4.79 Å². The van der Waals surface area contributed by atoms with Crippen LogP contribution in [0.1, 0.15) is 12.5 Å². The molecule has 0 heterocycles. The molecular formula is C14H18O4. The van der Waals surface area contributed by atoms with Crippen molar-refractivity contribution in [2.45, 2.75) is 19.4 Å². The van der Waals surface area contributed by atoms with Crippen LogP contribution in [-0.4, -0.2) is 30.4 Å². The van der Waals surface area contributed by atoms with Gasteiger partial charge in [0.1, 0.15) is 12.4 Å². The summed E-state index contributed by atoms with van der Waals surface area (Å²) in [7, 11) is 0. The van der Waals surface area contributed by atoms with Gasteiger partial charge in [-0.2, -0.15) is 0 Å². The average Bonchev–Trinajstić information content (AvgIpc) is 2.43. The third kappa shape index (κ3) is 4.59. The van der Waals surface area contributed by atoms with Crippen LogP contribution < -0.4 is 4.74 Å². The van der Waals surface area contributed by atoms with Crippen LogP contribution in [0, 0.1) is 0 Å². The quantitative estimate of drug-likeness (QED) is 0.591. The minimum absolute atomic E-state index is 0.114. The summed E-state index contributed by atoms with van der Waals surface area (Å²) in [6, 6.07) is 7.65. The Balaban J connectivity index is 2.51. The molecule has 0 fully saturated rings. The molecule has 98 valence electrons. The fraction of sp³-hybridized carbons (Fsp3) is 0.357. The van der Waals surface area contributed by atoms with E-state index in [0.29, 0.717) is 5.75 Å². The lowest BCUT2D eigenvalue weighted by atomic mass is 10.2. The second-order valence-electron chi connectivity index (χ2n) is 3.76. The lowest BCUT2D eigenvalue weighted by Gasteiger charge is -2.15. The van der Waals surface area contributed by atoms with Crippen molar-refractivity contribution in [2.75, 3.05) is 13.2 Å². The number of hydrogen-bond acceptors (Lipinski definition) is 4. The Morgan fingerprint density at radius 2 is 2.33 bits per heavy atom. The molecule has 0 unspecified atom stereocenters. The highest BCUT2D eigenvalue weighted by molar-refractivity contribution is 5.81. The predicted molar refractivity (Wildman–Crippen MR) is 68.5 cm³/mol. The van der Waals surface area contributed by atoms with Crippen molar-refractivity contribution in [3.8, 4) is 5.75 Å². The second kappa shape index (κ2) is 7.50. The largest absolute Gasteiger partial charge is 0.490 e. The molecule has 0 amide bonds. The van der Waals surface area contributed by atoms with E-state index in [4.69, 9.17) is 14.6 Å². The van der Waals surface area contributed by atoms with Crippen LogP contribution in [0.4, 0.5) is 0 Å². The first-order chi connectivity index (χ1) is 8.69. The highest BCUT2D eigenvalue weighted by atomic mass is 16.6. The van der Waals surface area contributed by atoms with Crippen molar-refractivity contribution in [1.82, 2.24) is 0 Å². The highest BCUT2D eigenvalue weighted by Crippen LogP contribution is 2.14. The number of esters is 1. The van der Waals surface area contributed by atoms with E-state index in [2.05, 4.69) is 13.5 Å². The normalized spacial score (nSPS) is 11.7. The SMILES string of the molecule is C=CC(=O)O[C@H](CO)COc1cccc(CC)c1. The summed E-state index contributed by atoms with van der Waals surface area (Å²) in [6.07, 6.45) is 1.30. The van der Waals surface area contributed by atoms with Gasteiger partial charge < -0.3 is 14.6 Å². The van der Waals surface area contributed by atoms with Gasteiger partial charge in [-0.1, -0.05) is 25.6 Å². The van der Waals surface area contributed by atoms with Crippen LogP contribution in [-0.2, 0) is 16.0 Å². The van der Waals surface area contributed by atoms with E-state index in [1.807, 2.05) is 24.3 Å². The Morgan fingerprint density at radius 1 is 1.56 bits per heavy atom. The zero-order chi connectivity index (χ0) is 13.4. The summed E-state index contributed by atoms with van der Waals surface area (Å²) in [5.74, 6) is 0.127. The second-order valence-corrected chi connectivity index (χ2v) is 3.76. The van der Waals surface area contributed by atoms with Crippen LogP contribution in [0.25, 0.3) is 0 Å². The van der Waals surface area contributed by atoms with Crippen molar-refractivity contribution >= 4 is 5.97 Å². The minimum Gasteiger partial charge on any atom is -0.490 e. The fourth-order valence-electron chi connectivity index (χ4n) is 1.38. The number of carbonyl (C=O) groups excluding carboxylic acids is 1. The van der Waals surface area contributed by atoms with Crippen LogP contribution in [0.5, 0.6) is 5.75 Å². The molecule has 0 aliphatic rings. The third-order valence-corrected chi connectivity index (χ3v) is 2.40. The first kappa shape index (κ1) is 14.3. The number of benzene rings is 1. The van der Waals surface area contributed by atoms with Gasteiger partial charge in [0.2, 0.25) is 0 Å². The fourth-order valence-corrected chi connectivity index (χ4v) is 1.38. The Labute approximate surface area is 107 Å². The van der Waals surface area contributed by atoms with E-state index in [1.54, 1.807) is 0 Å². The van der Waals surface area contributed by atoms with E-state index >= 15 is 0 Å². The molecule has 0 radical (unpaired) electrons. The van der Waals surface area contributed by atoms with Gasteiger partial charge in [0.15, 0.2) is 6.10 Å². The minimum atomic E-state index is -0.680. The monoisotopic (exact) mass is 250 g/mol. The number of hydrogen-bond donors (Lipinski definition) is 1. The average molecular weight is 250 g/mol. The maximum Gasteiger partial charge on any atom is 0.330 e. The van der Waals surface area contributed by atoms with Gasteiger partial charge in [-0.05, 0) is 24.1 Å². The van der Waals surface area contributed by atoms with Crippen molar-refractivity contribution in [3.05, 3.63) is 42.5 Å². The Hall–Kier alpha value is -1.81. The van der Waals surface area contributed by atoms with Gasteiger partial charge in [0.25, 0.3) is 0 Å². The standard InChI is InChI=1S/C14H18O4/c1-3-11-6-5-7-12(8-11)17-10-13(9-15)18-14(16)4-2/h4-8,13,15H,2-3,9-10H2,1H3/t13-/m1/s1. The van der Waals surface area contributed by atoms with Gasteiger partial charge in [-0.15, -0.1) is 0 Å². The molecule has 1 aromatic rings. The van der Waals surface area contributed by atoms with E-state index < -0.39 is 12.1 Å². The molecule has 0 saturated carbocycles. The number of aliphatic hydroxyl groups is 1. The van der Waals surface area contributed by atoms with Crippen LogP contribution in [0.2, 0.25) is 0 Å². The summed E-state index contributed by atoms with van der Waals surface area (Å²) < 4.78 is 10.4. The lowest BCUT2D eigenvalue weighted by Crippen LogP contribution is -2.27. The molecule has 0 saturated heterocycles. The number of carbonyl (C=O) groups is 1. The third-order valence-electron chi connectivity index (χ3n) is 2.40. The maximum absolute atomic E-state index is 11.0. The van der Waals surface area contributed by atoms with E-state index in [-0.39, 0.29) is 13.2 Å². The molecule has 0 bridgehead atoms. The molecular weight excluding hydrogens is 232 g/mol. The van der Waals surface area contributed by atoms with Crippen LogP contribution >= 0.6 is 0 Å². The molecule has 0 aromatic heterocycles. The summed E-state index contributed by atoms with van der Waals surface area (Å²) in [5, 5.41) is 9.06. The van der Waals surface area contributed by atoms with Crippen molar-refractivity contribution in [1.29, 1.82) is 0 Å². The zero-order valence-electron chi connectivity index (χ0n) is 10.5. The molecule has 0 aliphatic carbocycles. The summed E-state index contributed by atoms with van der Waals surface area (Å²) in [4.78, 5) is 11.0. The predicted octanol–water partition coefficient (Wildman–Crippen LogP) is 1.72. The molecule has 0 aliphatic heterocycles. The van der Waals surface area contributed by atoms with Gasteiger partial charge >= 0.3 is 5.97 Å². The molecule has 1 N–H and O–H groups in total. The number of aryl methyl sites for hydroxylation is 1. The first-order valence-electron chi connectivity index (χ1n) is 5.85. The molecule has 1 aromatic carbocycles.